The maximum absolute atomic E-state index is 12.8. The molecule has 3 rings (SSSR count). The van der Waals surface area contributed by atoms with Gasteiger partial charge in [0.25, 0.3) is 8.32 Å². The van der Waals surface area contributed by atoms with Crippen LogP contribution in [0.5, 0.6) is 0 Å². The molecule has 0 fully saturated rings. The Labute approximate surface area is 216 Å². The molecule has 182 valence electrons. The fourth-order valence-corrected chi connectivity index (χ4v) is 11.2. The zero-order chi connectivity index (χ0) is 24.8. The van der Waals surface area contributed by atoms with Crippen molar-refractivity contribution in [3.8, 4) is 0 Å². The molecule has 34 heavy (non-hydrogen) atoms. The number of aliphatic hydroxyl groups excluding tert-OH is 1. The SMILES string of the molecule is C[C@H](C[S@](=O)c1ccccc1)[C@@H](O)[C@H](Br)CO[Si](c1ccccc1)(c1ccccc1)C(C)(C)C. The minimum absolute atomic E-state index is 0.131. The number of alkyl halides is 1. The van der Waals surface area contributed by atoms with E-state index >= 15 is 0 Å². The van der Waals surface area contributed by atoms with Gasteiger partial charge in [0.1, 0.15) is 0 Å². The number of hydrogen-bond acceptors (Lipinski definition) is 3. The van der Waals surface area contributed by atoms with E-state index in [4.69, 9.17) is 4.43 Å². The van der Waals surface area contributed by atoms with Crippen LogP contribution in [0.2, 0.25) is 5.04 Å². The summed E-state index contributed by atoms with van der Waals surface area (Å²) in [7, 11) is -3.84. The summed E-state index contributed by atoms with van der Waals surface area (Å²) in [5, 5.41) is 13.4. The summed E-state index contributed by atoms with van der Waals surface area (Å²) in [5.74, 6) is 0.236. The van der Waals surface area contributed by atoms with Crippen LogP contribution in [0.25, 0.3) is 0 Å². The summed E-state index contributed by atoms with van der Waals surface area (Å²) in [6.07, 6.45) is -0.689. The first-order chi connectivity index (χ1) is 16.2. The smallest absolute Gasteiger partial charge is 0.261 e. The number of aliphatic hydroxyl groups is 1. The second kappa shape index (κ2) is 11.9. The van der Waals surface area contributed by atoms with Crippen LogP contribution in [0.3, 0.4) is 0 Å². The van der Waals surface area contributed by atoms with Gasteiger partial charge in [0, 0.05) is 17.3 Å². The van der Waals surface area contributed by atoms with E-state index in [0.717, 1.165) is 4.90 Å². The van der Waals surface area contributed by atoms with Gasteiger partial charge in [-0.25, -0.2) is 0 Å². The van der Waals surface area contributed by atoms with E-state index < -0.39 is 25.2 Å². The van der Waals surface area contributed by atoms with Crippen LogP contribution >= 0.6 is 15.9 Å². The van der Waals surface area contributed by atoms with Gasteiger partial charge in [-0.1, -0.05) is 122 Å². The molecule has 0 aliphatic carbocycles. The molecule has 0 spiro atoms. The van der Waals surface area contributed by atoms with Crippen molar-refractivity contribution in [1.82, 2.24) is 0 Å². The highest BCUT2D eigenvalue weighted by molar-refractivity contribution is 9.09. The van der Waals surface area contributed by atoms with Gasteiger partial charge in [-0.05, 0) is 33.5 Å². The zero-order valence-electron chi connectivity index (χ0n) is 20.4. The minimum Gasteiger partial charge on any atom is -0.406 e. The molecular formula is C28H35BrO3SSi. The lowest BCUT2D eigenvalue weighted by Gasteiger charge is -2.43. The molecule has 0 saturated heterocycles. The molecule has 0 amide bonds. The van der Waals surface area contributed by atoms with Crippen molar-refractivity contribution in [3.63, 3.8) is 0 Å². The molecule has 1 N–H and O–H groups in total. The van der Waals surface area contributed by atoms with E-state index in [1.807, 2.05) is 49.4 Å². The highest BCUT2D eigenvalue weighted by Gasteiger charge is 2.50. The predicted molar refractivity (Wildman–Crippen MR) is 149 cm³/mol. The maximum atomic E-state index is 12.8. The molecule has 3 aromatic rings. The van der Waals surface area contributed by atoms with Gasteiger partial charge in [-0.3, -0.25) is 4.21 Å². The first-order valence-corrected chi connectivity index (χ1v) is 15.8. The fraction of sp³-hybridized carbons (Fsp3) is 0.357. The van der Waals surface area contributed by atoms with Crippen LogP contribution < -0.4 is 10.4 Å². The van der Waals surface area contributed by atoms with E-state index in [-0.39, 0.29) is 15.8 Å². The van der Waals surface area contributed by atoms with E-state index in [0.29, 0.717) is 12.4 Å². The Morgan fingerprint density at radius 1 is 0.882 bits per heavy atom. The average Bonchev–Trinajstić information content (AvgIpc) is 2.84. The number of halogens is 1. The molecule has 0 aliphatic rings. The zero-order valence-corrected chi connectivity index (χ0v) is 23.8. The molecule has 0 saturated carbocycles. The topological polar surface area (TPSA) is 46.5 Å². The highest BCUT2D eigenvalue weighted by atomic mass is 79.9. The van der Waals surface area contributed by atoms with Crippen LogP contribution in [0.4, 0.5) is 0 Å². The lowest BCUT2D eigenvalue weighted by molar-refractivity contribution is 0.106. The van der Waals surface area contributed by atoms with Crippen LogP contribution in [0.1, 0.15) is 27.7 Å². The third-order valence-corrected chi connectivity index (χ3v) is 13.7. The Morgan fingerprint density at radius 3 is 1.76 bits per heavy atom. The van der Waals surface area contributed by atoms with Crippen molar-refractivity contribution in [2.24, 2.45) is 5.92 Å². The second-order valence-electron chi connectivity index (χ2n) is 9.78. The average molecular weight is 560 g/mol. The van der Waals surface area contributed by atoms with E-state index in [1.54, 1.807) is 0 Å². The van der Waals surface area contributed by atoms with Crippen molar-refractivity contribution in [2.45, 2.75) is 48.6 Å². The monoisotopic (exact) mass is 558 g/mol. The summed E-state index contributed by atoms with van der Waals surface area (Å²) in [6, 6.07) is 30.4. The first kappa shape index (κ1) is 27.0. The summed E-state index contributed by atoms with van der Waals surface area (Å²) in [4.78, 5) is 0.508. The van der Waals surface area contributed by atoms with Gasteiger partial charge < -0.3 is 9.53 Å². The van der Waals surface area contributed by atoms with Gasteiger partial charge >= 0.3 is 0 Å². The molecule has 0 aromatic heterocycles. The largest absolute Gasteiger partial charge is 0.406 e. The first-order valence-electron chi connectivity index (χ1n) is 11.7. The summed E-state index contributed by atoms with van der Waals surface area (Å²) >= 11 is 3.70. The quantitative estimate of drug-likeness (QED) is 0.277. The molecule has 0 aliphatic heterocycles. The Bertz CT molecular complexity index is 1000. The highest BCUT2D eigenvalue weighted by Crippen LogP contribution is 2.37. The molecule has 3 nitrogen and oxygen atoms in total. The Hall–Kier alpha value is -1.57. The predicted octanol–water partition coefficient (Wildman–Crippen LogP) is 5.13. The third kappa shape index (κ3) is 6.16. The van der Waals surface area contributed by atoms with Crippen molar-refractivity contribution >= 4 is 45.4 Å². The lowest BCUT2D eigenvalue weighted by atomic mass is 10.0. The minimum atomic E-state index is -2.68. The van der Waals surface area contributed by atoms with Gasteiger partial charge in [0.2, 0.25) is 0 Å². The van der Waals surface area contributed by atoms with E-state index in [1.165, 1.54) is 10.4 Å². The normalized spacial score (nSPS) is 15.9. The van der Waals surface area contributed by atoms with E-state index in [2.05, 4.69) is 85.2 Å². The third-order valence-electron chi connectivity index (χ3n) is 6.25. The molecule has 3 aromatic carbocycles. The number of rotatable bonds is 10. The molecule has 0 bridgehead atoms. The van der Waals surface area contributed by atoms with Crippen molar-refractivity contribution in [1.29, 1.82) is 0 Å². The van der Waals surface area contributed by atoms with Crippen molar-refractivity contribution in [2.75, 3.05) is 12.4 Å². The number of benzene rings is 3. The summed E-state index contributed by atoms with van der Waals surface area (Å²) in [6.45, 7) is 9.03. The van der Waals surface area contributed by atoms with Crippen molar-refractivity contribution in [3.05, 3.63) is 91.0 Å². The van der Waals surface area contributed by atoms with Crippen LogP contribution in [-0.2, 0) is 15.2 Å². The lowest BCUT2D eigenvalue weighted by Crippen LogP contribution is -2.67. The Balaban J connectivity index is 1.81. The van der Waals surface area contributed by atoms with Crippen molar-refractivity contribution < 1.29 is 13.7 Å². The number of hydrogen-bond donors (Lipinski definition) is 1. The summed E-state index contributed by atoms with van der Waals surface area (Å²) in [5.41, 5.74) is 0. The molecule has 6 heteroatoms. The van der Waals surface area contributed by atoms with Crippen LogP contribution in [0, 0.1) is 5.92 Å². The molecule has 0 heterocycles. The summed E-state index contributed by atoms with van der Waals surface area (Å²) < 4.78 is 19.7. The van der Waals surface area contributed by atoms with Crippen LogP contribution in [0.15, 0.2) is 95.9 Å². The van der Waals surface area contributed by atoms with E-state index in [9.17, 15) is 9.32 Å². The molecule has 4 atom stereocenters. The van der Waals surface area contributed by atoms with Crippen LogP contribution in [-0.4, -0.2) is 40.9 Å². The molecule has 0 unspecified atom stereocenters. The molecular weight excluding hydrogens is 524 g/mol. The van der Waals surface area contributed by atoms with Gasteiger partial charge in [0.15, 0.2) is 0 Å². The Kier molecular flexibility index (Phi) is 9.47. The van der Waals surface area contributed by atoms with Gasteiger partial charge in [0.05, 0.1) is 21.7 Å². The maximum Gasteiger partial charge on any atom is 0.261 e. The molecule has 0 radical (unpaired) electrons. The van der Waals surface area contributed by atoms with Gasteiger partial charge in [-0.2, -0.15) is 0 Å². The van der Waals surface area contributed by atoms with Gasteiger partial charge in [-0.15, -0.1) is 0 Å². The second-order valence-corrected chi connectivity index (χ2v) is 16.8. The fourth-order valence-electron chi connectivity index (χ4n) is 4.43. The standard InChI is InChI=1S/C28H35BrO3SSi/c1-22(21-33(31)23-14-8-5-9-15-23)27(30)26(29)20-32-34(28(2,3)4,24-16-10-6-11-17-24)25-18-12-7-13-19-25/h5-19,22,26-27,30H,20-21H2,1-4H3/t22-,26-,27-,33+/m1/s1. The Morgan fingerprint density at radius 2 is 1.32 bits per heavy atom.